The van der Waals surface area contributed by atoms with Gasteiger partial charge in [-0.25, -0.2) is 4.98 Å². The Kier molecular flexibility index (Phi) is 19.3. The molecule has 6 aliphatic heterocycles. The number of aromatic nitrogens is 3. The van der Waals surface area contributed by atoms with Crippen LogP contribution >= 0.6 is 15.9 Å². The lowest BCUT2D eigenvalue weighted by atomic mass is 10.0. The first-order valence-electron chi connectivity index (χ1n) is 22.0. The molecule has 62 heavy (non-hydrogen) atoms. The number of anilines is 3. The molecule has 6 aliphatic rings. The molecule has 340 valence electrons. The van der Waals surface area contributed by atoms with Gasteiger partial charge in [0.2, 0.25) is 0 Å². The highest BCUT2D eigenvalue weighted by Gasteiger charge is 2.28. The van der Waals surface area contributed by atoms with Gasteiger partial charge in [-0.2, -0.15) is 0 Å². The first-order chi connectivity index (χ1) is 30.2. The summed E-state index contributed by atoms with van der Waals surface area (Å²) < 4.78 is 16.9. The van der Waals surface area contributed by atoms with Crippen LogP contribution in [0.3, 0.4) is 0 Å². The molecular formula is C42H63BrN12O7. The number of halogens is 1. The van der Waals surface area contributed by atoms with Crippen molar-refractivity contribution >= 4 is 44.8 Å². The maximum atomic E-state index is 10.6. The fourth-order valence-corrected chi connectivity index (χ4v) is 8.95. The molecule has 0 bridgehead atoms. The number of nitrogens with zero attached hydrogens (tertiary/aromatic N) is 10. The van der Waals surface area contributed by atoms with E-state index in [0.29, 0.717) is 11.9 Å². The van der Waals surface area contributed by atoms with Crippen molar-refractivity contribution in [1.82, 2.24) is 35.0 Å². The van der Waals surface area contributed by atoms with Crippen LogP contribution in [0.4, 0.5) is 28.8 Å². The molecule has 0 radical (unpaired) electrons. The zero-order valence-corrected chi connectivity index (χ0v) is 37.3. The van der Waals surface area contributed by atoms with Crippen molar-refractivity contribution in [2.75, 3.05) is 134 Å². The Balaban J connectivity index is 0.000000144. The molecule has 0 unspecified atom stereocenters. The second kappa shape index (κ2) is 25.2. The molecule has 9 rings (SSSR count). The summed E-state index contributed by atoms with van der Waals surface area (Å²) in [5, 5.41) is 24.1. The SMILES string of the molecule is C1CC(N2CCOCC2)CCN1.Nc1ccc(N2CCC(N3CCOCC3)CC2)cn1.O=[N+]([O-])c1ccc(Br)cn1.O=[N+]([O-])c1ccc(N2CCC(N3CCOCC3)CC2)cn1. The van der Waals surface area contributed by atoms with Gasteiger partial charge >= 0.3 is 11.6 Å². The number of piperidine rings is 3. The third-order valence-corrected chi connectivity index (χ3v) is 12.7. The van der Waals surface area contributed by atoms with Crippen molar-refractivity contribution in [1.29, 1.82) is 0 Å². The van der Waals surface area contributed by atoms with Crippen molar-refractivity contribution in [3.05, 3.63) is 79.7 Å². The van der Waals surface area contributed by atoms with Gasteiger partial charge in [-0.1, -0.05) is 0 Å². The average Bonchev–Trinajstić information content (AvgIpc) is 3.34. The number of ether oxygens (including phenoxy) is 3. The Morgan fingerprint density at radius 1 is 0.548 bits per heavy atom. The van der Waals surface area contributed by atoms with Crippen LogP contribution in [0.1, 0.15) is 38.5 Å². The van der Waals surface area contributed by atoms with Crippen LogP contribution in [0.25, 0.3) is 0 Å². The molecule has 19 nitrogen and oxygen atoms in total. The minimum Gasteiger partial charge on any atom is -0.384 e. The van der Waals surface area contributed by atoms with Gasteiger partial charge in [0, 0.05) is 95.7 Å². The minimum absolute atomic E-state index is 0.0954. The van der Waals surface area contributed by atoms with Gasteiger partial charge in [0.25, 0.3) is 0 Å². The summed E-state index contributed by atoms with van der Waals surface area (Å²) in [6, 6.07) is 12.3. The quantitative estimate of drug-likeness (QED) is 0.253. The van der Waals surface area contributed by atoms with Crippen LogP contribution in [0.2, 0.25) is 0 Å². The summed E-state index contributed by atoms with van der Waals surface area (Å²) >= 11 is 3.11. The zero-order chi connectivity index (χ0) is 43.5. The smallest absolute Gasteiger partial charge is 0.363 e. The van der Waals surface area contributed by atoms with E-state index >= 15 is 0 Å². The van der Waals surface area contributed by atoms with Crippen molar-refractivity contribution in [3.8, 4) is 0 Å². The second-order valence-electron chi connectivity index (χ2n) is 16.0. The third kappa shape index (κ3) is 15.0. The van der Waals surface area contributed by atoms with E-state index < -0.39 is 9.85 Å². The van der Waals surface area contributed by atoms with Crippen molar-refractivity contribution in [2.24, 2.45) is 0 Å². The molecule has 0 amide bonds. The second-order valence-corrected chi connectivity index (χ2v) is 16.9. The number of nitrogens with one attached hydrogen (secondary N) is 1. The maximum Gasteiger partial charge on any atom is 0.363 e. The Morgan fingerprint density at radius 3 is 1.29 bits per heavy atom. The highest BCUT2D eigenvalue weighted by molar-refractivity contribution is 9.10. The number of hydrogen-bond donors (Lipinski definition) is 2. The monoisotopic (exact) mass is 926 g/mol. The van der Waals surface area contributed by atoms with Gasteiger partial charge in [-0.05, 0) is 112 Å². The molecule has 3 aromatic rings. The number of rotatable bonds is 7. The molecule has 0 aromatic carbocycles. The molecule has 0 atom stereocenters. The molecule has 0 aliphatic carbocycles. The molecule has 6 saturated heterocycles. The Labute approximate surface area is 372 Å². The molecule has 6 fully saturated rings. The van der Waals surface area contributed by atoms with Crippen molar-refractivity contribution in [3.63, 3.8) is 0 Å². The van der Waals surface area contributed by atoms with E-state index in [0.717, 1.165) is 140 Å². The van der Waals surface area contributed by atoms with E-state index in [9.17, 15) is 20.2 Å². The maximum absolute atomic E-state index is 10.6. The summed E-state index contributed by atoms with van der Waals surface area (Å²) in [6.07, 6.45) is 12.2. The van der Waals surface area contributed by atoms with Gasteiger partial charge in [0.05, 0.1) is 61.7 Å². The first-order valence-corrected chi connectivity index (χ1v) is 22.8. The standard InChI is InChI=1S/C14H20N4O3.C14H22N4O.C9H18N2O.C5H3BrN2O2/c19-18(20)14-2-1-13(11-15-14)16-5-3-12(4-6-16)17-7-9-21-10-8-17;15-14-2-1-13(11-16-14)17-5-3-12(4-6-17)18-7-9-19-10-8-18;1-3-10-4-2-9(1)11-5-7-12-8-6-11;6-4-1-2-5(7-3-4)8(9)10/h1-2,11-12H,3-10H2;1-2,11-12H,3-10H2,(H2,15,16);9-10H,1-8H2;1-3H. The van der Waals surface area contributed by atoms with Crippen LogP contribution in [-0.4, -0.2) is 176 Å². The van der Waals surface area contributed by atoms with E-state index in [-0.39, 0.29) is 11.6 Å². The lowest BCUT2D eigenvalue weighted by molar-refractivity contribution is -0.389. The topological polar surface area (TPSA) is 207 Å². The Morgan fingerprint density at radius 2 is 0.935 bits per heavy atom. The molecule has 9 heterocycles. The lowest BCUT2D eigenvalue weighted by Gasteiger charge is -2.40. The van der Waals surface area contributed by atoms with Crippen LogP contribution in [0.5, 0.6) is 0 Å². The average molecular weight is 928 g/mol. The van der Waals surface area contributed by atoms with E-state index in [1.807, 2.05) is 12.3 Å². The number of pyridine rings is 3. The summed E-state index contributed by atoms with van der Waals surface area (Å²) in [6.45, 7) is 18.4. The molecule has 20 heteroatoms. The van der Waals surface area contributed by atoms with Gasteiger partial charge in [0.1, 0.15) is 5.82 Å². The summed E-state index contributed by atoms with van der Waals surface area (Å²) in [5.41, 5.74) is 7.79. The van der Waals surface area contributed by atoms with Gasteiger partial charge in [-0.3, -0.25) is 14.7 Å². The molecular weight excluding hydrogens is 864 g/mol. The lowest BCUT2D eigenvalue weighted by Crippen LogP contribution is -2.49. The summed E-state index contributed by atoms with van der Waals surface area (Å²) in [7, 11) is 0. The fourth-order valence-electron chi connectivity index (χ4n) is 8.71. The predicted octanol–water partition coefficient (Wildman–Crippen LogP) is 4.08. The Bertz CT molecular complexity index is 1730. The fraction of sp³-hybridized carbons (Fsp3) is 0.643. The van der Waals surface area contributed by atoms with Crippen molar-refractivity contribution < 1.29 is 24.1 Å². The van der Waals surface area contributed by atoms with Crippen molar-refractivity contribution in [2.45, 2.75) is 56.7 Å². The summed E-state index contributed by atoms with van der Waals surface area (Å²) in [5.74, 6) is 0.358. The molecule has 3 N–H and O–H groups in total. The van der Waals surface area contributed by atoms with E-state index in [1.54, 1.807) is 18.3 Å². The number of morpholine rings is 3. The predicted molar refractivity (Wildman–Crippen MR) is 242 cm³/mol. The van der Waals surface area contributed by atoms with E-state index in [2.05, 4.69) is 66.8 Å². The van der Waals surface area contributed by atoms with E-state index in [1.165, 1.54) is 62.8 Å². The van der Waals surface area contributed by atoms with Gasteiger partial charge in [0.15, 0.2) is 12.4 Å². The minimum atomic E-state index is -0.535. The highest BCUT2D eigenvalue weighted by Crippen LogP contribution is 2.25. The summed E-state index contributed by atoms with van der Waals surface area (Å²) in [4.78, 5) is 43.6. The van der Waals surface area contributed by atoms with Crippen LogP contribution in [0.15, 0.2) is 59.5 Å². The molecule has 0 spiro atoms. The van der Waals surface area contributed by atoms with Crippen LogP contribution < -0.4 is 20.9 Å². The Hall–Kier alpha value is -4.15. The number of nitrogen functional groups attached to an aromatic ring is 1. The van der Waals surface area contributed by atoms with Crippen LogP contribution in [-0.2, 0) is 14.2 Å². The number of nitrogens with two attached hydrogens (primary N) is 1. The zero-order valence-electron chi connectivity index (χ0n) is 35.7. The third-order valence-electron chi connectivity index (χ3n) is 12.2. The van der Waals surface area contributed by atoms with Crippen LogP contribution in [0, 0.1) is 20.2 Å². The normalized spacial score (nSPS) is 21.3. The number of nitro groups is 2. The first kappa shape index (κ1) is 47.3. The molecule has 0 saturated carbocycles. The largest absolute Gasteiger partial charge is 0.384 e. The molecule has 3 aromatic heterocycles. The number of hydrogen-bond acceptors (Lipinski definition) is 17. The van der Waals surface area contributed by atoms with Gasteiger partial charge < -0.3 is 55.3 Å². The van der Waals surface area contributed by atoms with Gasteiger partial charge in [-0.15, -0.1) is 0 Å². The highest BCUT2D eigenvalue weighted by atomic mass is 79.9. The van der Waals surface area contributed by atoms with E-state index in [4.69, 9.17) is 19.9 Å².